The summed E-state index contributed by atoms with van der Waals surface area (Å²) in [6.07, 6.45) is 0.288. The van der Waals surface area contributed by atoms with Crippen LogP contribution in [0.15, 0.2) is 0 Å². The maximum atomic E-state index is 12.2. The maximum absolute atomic E-state index is 12.2. The van der Waals surface area contributed by atoms with Crippen LogP contribution in [0.5, 0.6) is 0 Å². The van der Waals surface area contributed by atoms with Crippen molar-refractivity contribution in [2.45, 2.75) is 51.2 Å². The number of alkyl halides is 3. The second-order valence-electron chi connectivity index (χ2n) is 4.62. The number of nitrogens with one attached hydrogen (secondary N) is 1. The summed E-state index contributed by atoms with van der Waals surface area (Å²) in [6, 6.07) is -0.827. The van der Waals surface area contributed by atoms with E-state index in [0.717, 1.165) is 32.1 Å². The molecule has 1 N–H and O–H groups in total. The zero-order chi connectivity index (χ0) is 13.6. The van der Waals surface area contributed by atoms with Crippen molar-refractivity contribution in [1.29, 1.82) is 0 Å². The van der Waals surface area contributed by atoms with E-state index in [-0.39, 0.29) is 12.5 Å². The lowest BCUT2D eigenvalue weighted by molar-refractivity contribution is -0.151. The molecule has 106 valence electrons. The van der Waals surface area contributed by atoms with Gasteiger partial charge in [0.2, 0.25) is 0 Å². The van der Waals surface area contributed by atoms with Gasteiger partial charge in [0, 0.05) is 0 Å². The Balaban J connectivity index is 2.58. The first-order valence-electron chi connectivity index (χ1n) is 6.41. The van der Waals surface area contributed by atoms with Crippen LogP contribution in [-0.2, 0) is 9.53 Å². The smallest absolute Gasteiger partial charge is 0.401 e. The molecule has 1 rings (SSSR count). The van der Waals surface area contributed by atoms with Crippen molar-refractivity contribution in [1.82, 2.24) is 5.32 Å². The second-order valence-corrected chi connectivity index (χ2v) is 4.62. The molecule has 0 aromatic carbocycles. The van der Waals surface area contributed by atoms with Gasteiger partial charge < -0.3 is 4.74 Å². The van der Waals surface area contributed by atoms with Gasteiger partial charge in [-0.2, -0.15) is 13.2 Å². The van der Waals surface area contributed by atoms with Crippen LogP contribution >= 0.6 is 0 Å². The number of halogens is 3. The van der Waals surface area contributed by atoms with Gasteiger partial charge in [-0.25, -0.2) is 0 Å². The van der Waals surface area contributed by atoms with Crippen molar-refractivity contribution in [2.24, 2.45) is 5.92 Å². The molecule has 0 amide bonds. The van der Waals surface area contributed by atoms with E-state index in [9.17, 15) is 18.0 Å². The molecule has 0 heterocycles. The molecule has 18 heavy (non-hydrogen) atoms. The standard InChI is InChI=1S/C12H20F3NO2/c1-2-18-11(17)10(16-8-12(13,14)15)9-6-4-3-5-7-9/h9-10,16H,2-8H2,1H3. The molecule has 0 bridgehead atoms. The van der Waals surface area contributed by atoms with E-state index < -0.39 is 24.7 Å². The first kappa shape index (κ1) is 15.3. The lowest BCUT2D eigenvalue weighted by atomic mass is 9.84. The van der Waals surface area contributed by atoms with Crippen molar-refractivity contribution in [3.05, 3.63) is 0 Å². The summed E-state index contributed by atoms with van der Waals surface area (Å²) in [5.41, 5.74) is 0. The normalized spacial score (nSPS) is 19.6. The Morgan fingerprint density at radius 2 is 1.94 bits per heavy atom. The largest absolute Gasteiger partial charge is 0.465 e. The van der Waals surface area contributed by atoms with Crippen molar-refractivity contribution >= 4 is 5.97 Å². The number of hydrogen-bond donors (Lipinski definition) is 1. The molecule has 1 saturated carbocycles. The SMILES string of the molecule is CCOC(=O)C(NCC(F)(F)F)C1CCCCC1. The highest BCUT2D eigenvalue weighted by molar-refractivity contribution is 5.76. The lowest BCUT2D eigenvalue weighted by Crippen LogP contribution is -2.48. The number of carbonyl (C=O) groups is 1. The molecule has 1 fully saturated rings. The average molecular weight is 267 g/mol. The van der Waals surface area contributed by atoms with E-state index >= 15 is 0 Å². The van der Waals surface area contributed by atoms with Crippen molar-refractivity contribution in [3.63, 3.8) is 0 Å². The summed E-state index contributed by atoms with van der Waals surface area (Å²) in [7, 11) is 0. The Morgan fingerprint density at radius 1 is 1.33 bits per heavy atom. The Hall–Kier alpha value is -0.780. The van der Waals surface area contributed by atoms with Crippen molar-refractivity contribution in [2.75, 3.05) is 13.2 Å². The second kappa shape index (κ2) is 6.97. The molecule has 0 saturated heterocycles. The van der Waals surface area contributed by atoms with Gasteiger partial charge in [-0.05, 0) is 25.7 Å². The molecule has 0 radical (unpaired) electrons. The molecule has 0 aromatic heterocycles. The number of carbonyl (C=O) groups excluding carboxylic acids is 1. The third kappa shape index (κ3) is 5.25. The summed E-state index contributed by atoms with van der Waals surface area (Å²) >= 11 is 0. The van der Waals surface area contributed by atoms with Crippen LogP contribution in [0.3, 0.4) is 0 Å². The minimum absolute atomic E-state index is 0.0415. The Bertz CT molecular complexity index is 263. The molecule has 0 aromatic rings. The Labute approximate surface area is 105 Å². The number of ether oxygens (including phenoxy) is 1. The minimum atomic E-state index is -4.31. The summed E-state index contributed by atoms with van der Waals surface area (Å²) in [4.78, 5) is 11.7. The fourth-order valence-electron chi connectivity index (χ4n) is 2.37. The first-order valence-corrected chi connectivity index (χ1v) is 6.41. The van der Waals surface area contributed by atoms with Crippen LogP contribution in [0, 0.1) is 5.92 Å². The Morgan fingerprint density at radius 3 is 2.44 bits per heavy atom. The predicted molar refractivity (Wildman–Crippen MR) is 61.1 cm³/mol. The van der Waals surface area contributed by atoms with E-state index in [4.69, 9.17) is 4.74 Å². The van der Waals surface area contributed by atoms with Gasteiger partial charge in [-0.15, -0.1) is 0 Å². The molecular weight excluding hydrogens is 247 g/mol. The predicted octanol–water partition coefficient (Wildman–Crippen LogP) is 2.65. The zero-order valence-corrected chi connectivity index (χ0v) is 10.6. The van der Waals surface area contributed by atoms with Gasteiger partial charge >= 0.3 is 12.1 Å². The average Bonchev–Trinajstić information content (AvgIpc) is 2.29. The molecule has 0 spiro atoms. The molecule has 0 aliphatic heterocycles. The van der Waals surface area contributed by atoms with E-state index in [0.29, 0.717) is 0 Å². The van der Waals surface area contributed by atoms with Crippen molar-refractivity contribution < 1.29 is 22.7 Å². The highest BCUT2D eigenvalue weighted by Crippen LogP contribution is 2.27. The van der Waals surface area contributed by atoms with Crippen LogP contribution in [0.4, 0.5) is 13.2 Å². The van der Waals surface area contributed by atoms with Gasteiger partial charge in [-0.1, -0.05) is 19.3 Å². The summed E-state index contributed by atoms with van der Waals surface area (Å²) in [5, 5.41) is 2.31. The molecular formula is C12H20F3NO2. The first-order chi connectivity index (χ1) is 8.44. The van der Waals surface area contributed by atoms with Crippen LogP contribution in [0.2, 0.25) is 0 Å². The van der Waals surface area contributed by atoms with Gasteiger partial charge in [0.25, 0.3) is 0 Å². The van der Waals surface area contributed by atoms with Gasteiger partial charge in [-0.3, -0.25) is 10.1 Å². The number of hydrogen-bond acceptors (Lipinski definition) is 3. The third-order valence-electron chi connectivity index (χ3n) is 3.18. The van der Waals surface area contributed by atoms with E-state index in [1.807, 2.05) is 0 Å². The summed E-state index contributed by atoms with van der Waals surface area (Å²) < 4.78 is 41.5. The van der Waals surface area contributed by atoms with Crippen LogP contribution < -0.4 is 5.32 Å². The summed E-state index contributed by atoms with van der Waals surface area (Å²) in [6.45, 7) is 0.697. The monoisotopic (exact) mass is 267 g/mol. The van der Waals surface area contributed by atoms with Gasteiger partial charge in [0.1, 0.15) is 6.04 Å². The van der Waals surface area contributed by atoms with Crippen LogP contribution in [0.1, 0.15) is 39.0 Å². The molecule has 6 heteroatoms. The van der Waals surface area contributed by atoms with Gasteiger partial charge in [0.05, 0.1) is 13.2 Å². The molecule has 1 aliphatic carbocycles. The minimum Gasteiger partial charge on any atom is -0.465 e. The third-order valence-corrected chi connectivity index (χ3v) is 3.18. The summed E-state index contributed by atoms with van der Waals surface area (Å²) in [5.74, 6) is -0.603. The quantitative estimate of drug-likeness (QED) is 0.778. The molecule has 1 unspecified atom stereocenters. The zero-order valence-electron chi connectivity index (χ0n) is 10.6. The lowest BCUT2D eigenvalue weighted by Gasteiger charge is -2.29. The van der Waals surface area contributed by atoms with Crippen molar-refractivity contribution in [3.8, 4) is 0 Å². The van der Waals surface area contributed by atoms with E-state index in [1.54, 1.807) is 6.92 Å². The molecule has 1 atom stereocenters. The van der Waals surface area contributed by atoms with E-state index in [2.05, 4.69) is 5.32 Å². The number of esters is 1. The fourth-order valence-corrected chi connectivity index (χ4v) is 2.37. The fraction of sp³-hybridized carbons (Fsp3) is 0.917. The number of rotatable bonds is 5. The van der Waals surface area contributed by atoms with Gasteiger partial charge in [0.15, 0.2) is 0 Å². The highest BCUT2D eigenvalue weighted by atomic mass is 19.4. The topological polar surface area (TPSA) is 38.3 Å². The maximum Gasteiger partial charge on any atom is 0.401 e. The molecule has 1 aliphatic rings. The van der Waals surface area contributed by atoms with Crippen LogP contribution in [0.25, 0.3) is 0 Å². The van der Waals surface area contributed by atoms with Crippen LogP contribution in [-0.4, -0.2) is 31.3 Å². The highest BCUT2D eigenvalue weighted by Gasteiger charge is 2.35. The Kier molecular flexibility index (Phi) is 5.91. The van der Waals surface area contributed by atoms with E-state index in [1.165, 1.54) is 0 Å². The molecule has 3 nitrogen and oxygen atoms in total.